The molecular weight excluding hydrogens is 420 g/mol. The van der Waals surface area contributed by atoms with Crippen molar-refractivity contribution < 1.29 is 38.9 Å². The van der Waals surface area contributed by atoms with Crippen molar-refractivity contribution in [1.29, 1.82) is 0 Å². The lowest BCUT2D eigenvalue weighted by atomic mass is 10.1. The largest absolute Gasteiger partial charge is 0.394 e. The van der Waals surface area contributed by atoms with Gasteiger partial charge in [0.15, 0.2) is 0 Å². The number of aliphatic hydroxyl groups is 2. The standard InChI is InChI=1S/2C8H5NO2.C6H14O4/c2*10-7-5-3-1-2-4-6(5)8(11)9-7;7-1-3-9-5-6-10-4-2-8/h2*1-4H,(H,9,10,11);7-8H,1-6H2. The van der Waals surface area contributed by atoms with Crippen molar-refractivity contribution in [1.82, 2.24) is 10.6 Å². The van der Waals surface area contributed by atoms with Gasteiger partial charge in [-0.05, 0) is 24.3 Å². The van der Waals surface area contributed by atoms with Crippen LogP contribution in [0.15, 0.2) is 48.5 Å². The van der Waals surface area contributed by atoms with Gasteiger partial charge in [-0.1, -0.05) is 24.3 Å². The summed E-state index contributed by atoms with van der Waals surface area (Å²) in [7, 11) is 0. The van der Waals surface area contributed by atoms with Crippen LogP contribution in [0.25, 0.3) is 0 Å². The maximum absolute atomic E-state index is 10.9. The van der Waals surface area contributed by atoms with Crippen LogP contribution in [-0.4, -0.2) is 73.5 Å². The topological polar surface area (TPSA) is 151 Å². The second kappa shape index (κ2) is 13.1. The predicted molar refractivity (Wildman–Crippen MR) is 112 cm³/mol. The maximum Gasteiger partial charge on any atom is 0.258 e. The van der Waals surface area contributed by atoms with Crippen LogP contribution in [-0.2, 0) is 9.47 Å². The van der Waals surface area contributed by atoms with Crippen LogP contribution in [0.4, 0.5) is 0 Å². The van der Waals surface area contributed by atoms with Crippen molar-refractivity contribution in [3.63, 3.8) is 0 Å². The molecule has 4 N–H and O–H groups in total. The Kier molecular flexibility index (Phi) is 10.1. The summed E-state index contributed by atoms with van der Waals surface area (Å²) < 4.78 is 9.75. The molecule has 4 rings (SSSR count). The maximum atomic E-state index is 10.9. The molecule has 0 saturated carbocycles. The van der Waals surface area contributed by atoms with Gasteiger partial charge in [0.05, 0.1) is 61.9 Å². The fraction of sp³-hybridized carbons (Fsp3) is 0.273. The Hall–Kier alpha value is -3.44. The third kappa shape index (κ3) is 7.06. The Labute approximate surface area is 184 Å². The van der Waals surface area contributed by atoms with Gasteiger partial charge in [0.1, 0.15) is 0 Å². The minimum Gasteiger partial charge on any atom is -0.394 e. The molecule has 2 aliphatic rings. The molecule has 10 nitrogen and oxygen atoms in total. The summed E-state index contributed by atoms with van der Waals surface area (Å²) >= 11 is 0. The van der Waals surface area contributed by atoms with Gasteiger partial charge >= 0.3 is 0 Å². The summed E-state index contributed by atoms with van der Waals surface area (Å²) in [5.41, 5.74) is 1.88. The van der Waals surface area contributed by atoms with E-state index in [2.05, 4.69) is 10.6 Å². The molecule has 170 valence electrons. The van der Waals surface area contributed by atoms with Crippen LogP contribution in [0.5, 0.6) is 0 Å². The number of imide groups is 2. The smallest absolute Gasteiger partial charge is 0.258 e. The number of nitrogens with one attached hydrogen (secondary N) is 2. The zero-order chi connectivity index (χ0) is 23.3. The number of rotatable bonds is 7. The molecule has 0 fully saturated rings. The minimum atomic E-state index is -0.300. The second-order valence-electron chi connectivity index (χ2n) is 6.33. The number of benzene rings is 2. The Morgan fingerprint density at radius 2 is 0.812 bits per heavy atom. The van der Waals surface area contributed by atoms with Gasteiger partial charge < -0.3 is 19.7 Å². The molecule has 2 aliphatic heterocycles. The first-order valence-corrected chi connectivity index (χ1v) is 9.76. The van der Waals surface area contributed by atoms with Gasteiger partial charge in [0, 0.05) is 0 Å². The molecule has 0 radical (unpaired) electrons. The van der Waals surface area contributed by atoms with E-state index >= 15 is 0 Å². The van der Waals surface area contributed by atoms with E-state index in [9.17, 15) is 19.2 Å². The molecule has 0 unspecified atom stereocenters. The van der Waals surface area contributed by atoms with Crippen LogP contribution < -0.4 is 10.6 Å². The molecule has 32 heavy (non-hydrogen) atoms. The zero-order valence-corrected chi connectivity index (χ0v) is 17.2. The molecule has 4 amide bonds. The number of hydrogen-bond acceptors (Lipinski definition) is 8. The molecule has 2 heterocycles. The van der Waals surface area contributed by atoms with E-state index in [1.807, 2.05) is 0 Å². The van der Waals surface area contributed by atoms with Gasteiger partial charge in [-0.15, -0.1) is 0 Å². The molecule has 0 spiro atoms. The van der Waals surface area contributed by atoms with Gasteiger partial charge in [-0.3, -0.25) is 29.8 Å². The molecule has 2 aromatic rings. The van der Waals surface area contributed by atoms with E-state index in [4.69, 9.17) is 19.7 Å². The number of fused-ring (bicyclic) bond motifs is 2. The quantitative estimate of drug-likeness (QED) is 0.348. The molecule has 2 aromatic carbocycles. The number of amides is 4. The first-order chi connectivity index (χ1) is 15.5. The molecule has 0 atom stereocenters. The Morgan fingerprint density at radius 3 is 1.06 bits per heavy atom. The van der Waals surface area contributed by atoms with Crippen molar-refractivity contribution >= 4 is 23.6 Å². The lowest BCUT2D eigenvalue weighted by Gasteiger charge is -2.01. The number of carbonyl (C=O) groups is 4. The summed E-state index contributed by atoms with van der Waals surface area (Å²) in [4.78, 5) is 43.8. The van der Waals surface area contributed by atoms with Crippen molar-refractivity contribution in [3.8, 4) is 0 Å². The van der Waals surface area contributed by atoms with Crippen LogP contribution in [0.2, 0.25) is 0 Å². The van der Waals surface area contributed by atoms with E-state index < -0.39 is 0 Å². The molecule has 0 bridgehead atoms. The highest BCUT2D eigenvalue weighted by Crippen LogP contribution is 2.14. The molecule has 10 heteroatoms. The van der Waals surface area contributed by atoms with Gasteiger partial charge in [0.2, 0.25) is 0 Å². The van der Waals surface area contributed by atoms with Crippen LogP contribution >= 0.6 is 0 Å². The predicted octanol–water partition coefficient (Wildman–Crippen LogP) is 0.145. The fourth-order valence-electron chi connectivity index (χ4n) is 2.68. The molecular formula is C22H24N2O8. The average Bonchev–Trinajstić information content (AvgIpc) is 3.27. The number of carbonyl (C=O) groups excluding carboxylic acids is 4. The summed E-state index contributed by atoms with van der Waals surface area (Å²) in [6.45, 7) is 1.73. The average molecular weight is 444 g/mol. The van der Waals surface area contributed by atoms with Gasteiger partial charge in [-0.2, -0.15) is 0 Å². The highest BCUT2D eigenvalue weighted by molar-refractivity contribution is 6.22. The van der Waals surface area contributed by atoms with Crippen molar-refractivity contribution in [2.45, 2.75) is 0 Å². The SMILES string of the molecule is O=C1NC(=O)c2ccccc21.O=C1NC(=O)c2ccccc21.OCCOCCOCCO. The highest BCUT2D eigenvalue weighted by Gasteiger charge is 2.25. The van der Waals surface area contributed by atoms with Crippen LogP contribution in [0.3, 0.4) is 0 Å². The summed E-state index contributed by atoms with van der Waals surface area (Å²) in [5.74, 6) is -1.20. The Morgan fingerprint density at radius 1 is 0.531 bits per heavy atom. The third-order valence-electron chi connectivity index (χ3n) is 4.13. The van der Waals surface area contributed by atoms with E-state index in [1.54, 1.807) is 48.5 Å². The first kappa shape index (κ1) is 24.8. The third-order valence-corrected chi connectivity index (χ3v) is 4.13. The van der Waals surface area contributed by atoms with Crippen LogP contribution in [0.1, 0.15) is 41.4 Å². The van der Waals surface area contributed by atoms with E-state index in [1.165, 1.54) is 0 Å². The number of aliphatic hydroxyl groups excluding tert-OH is 2. The number of hydrogen-bond donors (Lipinski definition) is 4. The summed E-state index contributed by atoms with van der Waals surface area (Å²) in [5, 5.41) is 20.9. The lowest BCUT2D eigenvalue weighted by molar-refractivity contribution is 0.0222. The summed E-state index contributed by atoms with van der Waals surface area (Å²) in [6, 6.07) is 13.5. The van der Waals surface area contributed by atoms with Crippen molar-refractivity contribution in [3.05, 3.63) is 70.8 Å². The first-order valence-electron chi connectivity index (χ1n) is 9.76. The lowest BCUT2D eigenvalue weighted by Crippen LogP contribution is -2.19. The van der Waals surface area contributed by atoms with Gasteiger partial charge in [0.25, 0.3) is 23.6 Å². The number of ether oxygens (including phenoxy) is 2. The molecule has 0 aliphatic carbocycles. The van der Waals surface area contributed by atoms with Crippen molar-refractivity contribution in [2.24, 2.45) is 0 Å². The summed E-state index contributed by atoms with van der Waals surface area (Å²) in [6.07, 6.45) is 0. The van der Waals surface area contributed by atoms with Crippen LogP contribution in [0, 0.1) is 0 Å². The molecule has 0 saturated heterocycles. The fourth-order valence-corrected chi connectivity index (χ4v) is 2.68. The Balaban J connectivity index is 0.000000171. The highest BCUT2D eigenvalue weighted by atomic mass is 16.5. The normalized spacial score (nSPS) is 13.2. The second-order valence-corrected chi connectivity index (χ2v) is 6.33. The van der Waals surface area contributed by atoms with E-state index in [0.29, 0.717) is 48.7 Å². The van der Waals surface area contributed by atoms with E-state index in [0.717, 1.165) is 0 Å². The van der Waals surface area contributed by atoms with Crippen molar-refractivity contribution in [2.75, 3.05) is 39.6 Å². The molecule has 0 aromatic heterocycles. The van der Waals surface area contributed by atoms with E-state index in [-0.39, 0.29) is 36.8 Å². The minimum absolute atomic E-state index is 0.0417. The zero-order valence-electron chi connectivity index (χ0n) is 17.2. The monoisotopic (exact) mass is 444 g/mol. The van der Waals surface area contributed by atoms with Gasteiger partial charge in [-0.25, -0.2) is 0 Å². The Bertz CT molecular complexity index is 817.